The van der Waals surface area contributed by atoms with Crippen LogP contribution in [0.1, 0.15) is 54.9 Å². The fourth-order valence-corrected chi connectivity index (χ4v) is 4.49. The molecule has 0 radical (unpaired) electrons. The van der Waals surface area contributed by atoms with Crippen LogP contribution in [0.25, 0.3) is 0 Å². The molecule has 4 heteroatoms. The van der Waals surface area contributed by atoms with Gasteiger partial charge in [0.1, 0.15) is 5.75 Å². The second-order valence-corrected chi connectivity index (χ2v) is 8.87. The molecule has 0 aromatic heterocycles. The Bertz CT molecular complexity index is 843. The van der Waals surface area contributed by atoms with Gasteiger partial charge in [-0.1, -0.05) is 30.3 Å². The summed E-state index contributed by atoms with van der Waals surface area (Å²) in [5, 5.41) is 2.93. The van der Waals surface area contributed by atoms with Crippen molar-refractivity contribution in [2.24, 2.45) is 11.8 Å². The summed E-state index contributed by atoms with van der Waals surface area (Å²) in [6, 6.07) is 17.0. The van der Waals surface area contributed by atoms with E-state index in [0.717, 1.165) is 36.5 Å². The molecule has 4 nitrogen and oxygen atoms in total. The molecule has 1 saturated heterocycles. The second kappa shape index (κ2) is 8.48. The molecule has 1 N–H and O–H groups in total. The number of nitrogens with one attached hydrogen (secondary N) is 1. The summed E-state index contributed by atoms with van der Waals surface area (Å²) in [7, 11) is 1.63. The summed E-state index contributed by atoms with van der Waals surface area (Å²) < 4.78 is 5.49. The molecule has 0 bridgehead atoms. The average Bonchev–Trinajstić information content (AvgIpc) is 3.46. The van der Waals surface area contributed by atoms with Crippen LogP contribution in [-0.2, 0) is 0 Å². The van der Waals surface area contributed by atoms with Gasteiger partial charge in [-0.15, -0.1) is 0 Å². The zero-order valence-electron chi connectivity index (χ0n) is 17.7. The molecular formula is C25H32N2O2. The molecule has 154 valence electrons. The van der Waals surface area contributed by atoms with Crippen LogP contribution in [0.4, 0.5) is 5.69 Å². The van der Waals surface area contributed by atoms with Crippen LogP contribution in [0.2, 0.25) is 0 Å². The Morgan fingerprint density at radius 2 is 1.90 bits per heavy atom. The molecule has 2 atom stereocenters. The maximum absolute atomic E-state index is 12.3. The maximum Gasteiger partial charge on any atom is 0.255 e. The summed E-state index contributed by atoms with van der Waals surface area (Å²) in [6.45, 7) is 6.12. The van der Waals surface area contributed by atoms with E-state index in [9.17, 15) is 4.79 Å². The van der Waals surface area contributed by atoms with Crippen molar-refractivity contribution in [2.75, 3.05) is 25.1 Å². The van der Waals surface area contributed by atoms with Crippen molar-refractivity contribution < 1.29 is 9.53 Å². The Labute approximate surface area is 174 Å². The number of ether oxygens (including phenoxy) is 1. The number of carbonyl (C=O) groups excluding carboxylic acids is 1. The van der Waals surface area contributed by atoms with Gasteiger partial charge < -0.3 is 15.0 Å². The fourth-order valence-electron chi connectivity index (χ4n) is 4.49. The van der Waals surface area contributed by atoms with Crippen LogP contribution in [0.5, 0.6) is 5.75 Å². The average molecular weight is 393 g/mol. The highest BCUT2D eigenvalue weighted by Crippen LogP contribution is 2.50. The van der Waals surface area contributed by atoms with E-state index in [1.165, 1.54) is 24.8 Å². The van der Waals surface area contributed by atoms with Crippen LogP contribution in [-0.4, -0.2) is 32.1 Å². The van der Waals surface area contributed by atoms with E-state index in [1.54, 1.807) is 7.11 Å². The van der Waals surface area contributed by atoms with E-state index >= 15 is 0 Å². The molecular weight excluding hydrogens is 360 g/mol. The van der Waals surface area contributed by atoms with Gasteiger partial charge in [0.2, 0.25) is 0 Å². The Morgan fingerprint density at radius 1 is 1.14 bits per heavy atom. The zero-order chi connectivity index (χ0) is 20.4. The van der Waals surface area contributed by atoms with Crippen LogP contribution in [0.15, 0.2) is 48.5 Å². The molecule has 1 heterocycles. The molecule has 1 aliphatic carbocycles. The van der Waals surface area contributed by atoms with E-state index in [0.29, 0.717) is 11.3 Å². The normalized spacial score (nSPS) is 21.0. The van der Waals surface area contributed by atoms with Gasteiger partial charge in [0.25, 0.3) is 5.91 Å². The first-order valence-electron chi connectivity index (χ1n) is 10.8. The summed E-state index contributed by atoms with van der Waals surface area (Å²) >= 11 is 0. The molecule has 2 fully saturated rings. The number of hydrogen-bond acceptors (Lipinski definition) is 3. The topological polar surface area (TPSA) is 41.6 Å². The van der Waals surface area contributed by atoms with Gasteiger partial charge in [0.05, 0.1) is 12.7 Å². The predicted molar refractivity (Wildman–Crippen MR) is 118 cm³/mol. The highest BCUT2D eigenvalue weighted by Gasteiger charge is 2.39. The van der Waals surface area contributed by atoms with Crippen molar-refractivity contribution >= 4 is 11.6 Å². The van der Waals surface area contributed by atoms with E-state index in [4.69, 9.17) is 4.74 Å². The summed E-state index contributed by atoms with van der Waals surface area (Å²) in [4.78, 5) is 14.7. The maximum atomic E-state index is 12.3. The third kappa shape index (κ3) is 4.58. The zero-order valence-corrected chi connectivity index (χ0v) is 17.7. The summed E-state index contributed by atoms with van der Waals surface area (Å²) in [5.41, 5.74) is 3.26. The van der Waals surface area contributed by atoms with Gasteiger partial charge in [-0.2, -0.15) is 0 Å². The molecule has 0 spiro atoms. The lowest BCUT2D eigenvalue weighted by molar-refractivity contribution is 0.0940. The van der Waals surface area contributed by atoms with Gasteiger partial charge in [-0.25, -0.2) is 0 Å². The Hall–Kier alpha value is -2.49. The smallest absolute Gasteiger partial charge is 0.255 e. The standard InChI is InChI=1S/C25H32N2O2/c1-17(2)26-25(28)22-12-11-21(14-24(22)29-3)27-15-18(16-27)9-10-20-13-23(20)19-7-5-4-6-8-19/h4-8,11-12,14,17-18,20,23H,9-10,13,15-16H2,1-3H3,(H,26,28). The minimum absolute atomic E-state index is 0.0812. The van der Waals surface area contributed by atoms with Crippen LogP contribution >= 0.6 is 0 Å². The molecule has 2 aliphatic rings. The minimum atomic E-state index is -0.0812. The fraction of sp³-hybridized carbons (Fsp3) is 0.480. The van der Waals surface area contributed by atoms with Gasteiger partial charge in [-0.05, 0) is 68.6 Å². The number of amides is 1. The molecule has 4 rings (SSSR count). The number of nitrogens with zero attached hydrogens (tertiary/aromatic N) is 1. The van der Waals surface area contributed by atoms with Crippen molar-refractivity contribution in [2.45, 2.75) is 45.1 Å². The van der Waals surface area contributed by atoms with Crippen molar-refractivity contribution in [3.05, 3.63) is 59.7 Å². The number of benzene rings is 2. The largest absolute Gasteiger partial charge is 0.496 e. The first kappa shape index (κ1) is 19.8. The Morgan fingerprint density at radius 3 is 2.59 bits per heavy atom. The van der Waals surface area contributed by atoms with E-state index < -0.39 is 0 Å². The molecule has 1 aliphatic heterocycles. The molecule has 2 aromatic rings. The van der Waals surface area contributed by atoms with E-state index in [1.807, 2.05) is 32.0 Å². The minimum Gasteiger partial charge on any atom is -0.496 e. The SMILES string of the molecule is COc1cc(N2CC(CCC3CC3c3ccccc3)C2)ccc1C(=O)NC(C)C. The quantitative estimate of drug-likeness (QED) is 0.698. The first-order valence-corrected chi connectivity index (χ1v) is 10.8. The summed E-state index contributed by atoms with van der Waals surface area (Å²) in [5.74, 6) is 3.02. The molecule has 1 amide bonds. The van der Waals surface area contributed by atoms with Gasteiger partial charge in [0.15, 0.2) is 0 Å². The predicted octanol–water partition coefficient (Wildman–Crippen LogP) is 4.85. The second-order valence-electron chi connectivity index (χ2n) is 8.87. The van der Waals surface area contributed by atoms with Crippen molar-refractivity contribution in [1.82, 2.24) is 5.32 Å². The van der Waals surface area contributed by atoms with Crippen LogP contribution < -0.4 is 15.0 Å². The highest BCUT2D eigenvalue weighted by atomic mass is 16.5. The molecule has 2 unspecified atom stereocenters. The lowest BCUT2D eigenvalue weighted by Gasteiger charge is -2.41. The lowest BCUT2D eigenvalue weighted by atomic mass is 9.92. The van der Waals surface area contributed by atoms with Crippen molar-refractivity contribution in [1.29, 1.82) is 0 Å². The molecule has 29 heavy (non-hydrogen) atoms. The van der Waals surface area contributed by atoms with Crippen LogP contribution in [0.3, 0.4) is 0 Å². The highest BCUT2D eigenvalue weighted by molar-refractivity contribution is 5.97. The number of carbonyl (C=O) groups is 1. The van der Waals surface area contributed by atoms with Gasteiger partial charge >= 0.3 is 0 Å². The number of anilines is 1. The Balaban J connectivity index is 1.26. The van der Waals surface area contributed by atoms with Gasteiger partial charge in [0, 0.05) is 30.9 Å². The molecule has 1 saturated carbocycles. The number of methoxy groups -OCH3 is 1. The van der Waals surface area contributed by atoms with E-state index in [-0.39, 0.29) is 11.9 Å². The van der Waals surface area contributed by atoms with E-state index in [2.05, 4.69) is 40.5 Å². The van der Waals surface area contributed by atoms with Crippen molar-refractivity contribution in [3.63, 3.8) is 0 Å². The monoisotopic (exact) mass is 392 g/mol. The van der Waals surface area contributed by atoms with Gasteiger partial charge in [-0.3, -0.25) is 4.79 Å². The van der Waals surface area contributed by atoms with Crippen LogP contribution in [0, 0.1) is 11.8 Å². The summed E-state index contributed by atoms with van der Waals surface area (Å²) in [6.07, 6.45) is 4.02. The third-order valence-electron chi connectivity index (χ3n) is 6.27. The number of rotatable bonds is 8. The van der Waals surface area contributed by atoms with Crippen molar-refractivity contribution in [3.8, 4) is 5.75 Å². The third-order valence-corrected chi connectivity index (χ3v) is 6.27. The molecule has 2 aromatic carbocycles. The number of hydrogen-bond donors (Lipinski definition) is 1. The lowest BCUT2D eigenvalue weighted by Crippen LogP contribution is -2.46. The first-order chi connectivity index (χ1) is 14.0. The Kier molecular flexibility index (Phi) is 5.79.